The fourth-order valence-corrected chi connectivity index (χ4v) is 11.3. The van der Waals surface area contributed by atoms with Crippen molar-refractivity contribution in [3.8, 4) is 0 Å². The summed E-state index contributed by atoms with van der Waals surface area (Å²) in [7, 11) is -5.42. The van der Waals surface area contributed by atoms with Crippen LogP contribution in [0.3, 0.4) is 0 Å². The van der Waals surface area contributed by atoms with E-state index in [-0.39, 0.29) is 12.8 Å². The summed E-state index contributed by atoms with van der Waals surface area (Å²) in [5.41, 5.74) is 0. The third-order valence-corrected chi connectivity index (χ3v) is 16.4. The zero-order valence-electron chi connectivity index (χ0n) is 46.5. The van der Waals surface area contributed by atoms with E-state index in [1.54, 1.807) is 0 Å². The molecule has 1 aliphatic carbocycles. The van der Waals surface area contributed by atoms with Crippen molar-refractivity contribution in [3.63, 3.8) is 0 Å². The van der Waals surface area contributed by atoms with E-state index in [0.29, 0.717) is 12.8 Å². The second-order valence-corrected chi connectivity index (χ2v) is 23.4. The molecule has 446 valence electrons. The zero-order valence-corrected chi connectivity index (χ0v) is 47.4. The Bertz CT molecular complexity index is 1420. The lowest BCUT2D eigenvalue weighted by atomic mass is 9.84. The molecule has 1 heterocycles. The molecule has 2 fully saturated rings. The molecule has 2 aliphatic rings. The maximum atomic E-state index is 13.6. The Hall–Kier alpha value is -0.900. The number of aliphatic hydroxyl groups is 10. The molecule has 12 N–H and O–H groups in total. The van der Waals surface area contributed by atoms with Crippen molar-refractivity contribution in [1.82, 2.24) is 5.32 Å². The van der Waals surface area contributed by atoms with Crippen LogP contribution in [0.2, 0.25) is 0 Å². The molecule has 1 saturated heterocycles. The summed E-state index contributed by atoms with van der Waals surface area (Å²) in [5, 5.41) is 108. The van der Waals surface area contributed by atoms with Gasteiger partial charge in [-0.1, -0.05) is 232 Å². The van der Waals surface area contributed by atoms with Gasteiger partial charge < -0.3 is 70.7 Å². The van der Waals surface area contributed by atoms with Crippen LogP contribution in [0.1, 0.15) is 251 Å². The number of carbonyl (C=O) groups excluding carboxylic acids is 1. The molecule has 0 bridgehead atoms. The van der Waals surface area contributed by atoms with Crippen molar-refractivity contribution in [2.24, 2.45) is 0 Å². The standard InChI is InChI=1S/C56H110NO17P/c1-3-5-7-9-11-13-15-17-18-19-20-21-22-23-24-25-26-27-29-31-33-35-37-39-45(60)57-42(46(61)43(59)38-36-34-32-30-28-16-14-12-10-8-6-4-2)41-71-75(69,70)74-55-52(67)50(65)49(64)51(66)54(55)73-56-53(68)48(63)47(62)44(40-58)72-56/h42-44,46-56,58-59,61-68H,3-41H2,1-2H3,(H,57,60)(H,69,70)/t42-,43?,44+,46-,47+,48-,49+,50+,51-,52+,53-,54+,55+,56?/m0/s1. The highest BCUT2D eigenvalue weighted by molar-refractivity contribution is 7.47. The van der Waals surface area contributed by atoms with Gasteiger partial charge in [0.15, 0.2) is 6.29 Å². The first-order valence-corrected chi connectivity index (χ1v) is 31.6. The van der Waals surface area contributed by atoms with Gasteiger partial charge in [0.05, 0.1) is 25.4 Å². The molecule has 0 aromatic carbocycles. The SMILES string of the molecule is CCCCCCCCCCCCCCCCCCCCCCCCCC(=O)N[C@@H](COP(=O)(O)O[C@@H]1[C@H](O)[C@H](O)[C@@H](O)[C@H](O)[C@H]1OC1O[C@H](CO)[C@@H](O)[C@H](O)[C@@H]1O)[C@H](O)C(O)CCCCCCCCCCCCCC. The van der Waals surface area contributed by atoms with Crippen LogP contribution in [0, 0.1) is 0 Å². The first-order valence-electron chi connectivity index (χ1n) is 30.1. The maximum Gasteiger partial charge on any atom is 0.472 e. The first-order chi connectivity index (χ1) is 36.1. The number of unbranched alkanes of at least 4 members (excludes halogenated alkanes) is 33. The van der Waals surface area contributed by atoms with E-state index in [1.165, 1.54) is 161 Å². The Morgan fingerprint density at radius 3 is 1.27 bits per heavy atom. The molecule has 19 heteroatoms. The number of carbonyl (C=O) groups is 1. The van der Waals surface area contributed by atoms with Crippen molar-refractivity contribution >= 4 is 13.7 Å². The van der Waals surface area contributed by atoms with E-state index in [0.717, 1.165) is 51.4 Å². The van der Waals surface area contributed by atoms with Gasteiger partial charge in [-0.3, -0.25) is 13.8 Å². The number of rotatable bonds is 48. The number of hydrogen-bond acceptors (Lipinski definition) is 16. The fourth-order valence-electron chi connectivity index (χ4n) is 10.4. The summed E-state index contributed by atoms with van der Waals surface area (Å²) >= 11 is 0. The van der Waals surface area contributed by atoms with Crippen LogP contribution in [-0.4, -0.2) is 161 Å². The number of hydrogen-bond donors (Lipinski definition) is 12. The van der Waals surface area contributed by atoms with Gasteiger partial charge in [0.2, 0.25) is 5.91 Å². The van der Waals surface area contributed by atoms with E-state index in [2.05, 4.69) is 19.2 Å². The molecular weight excluding hydrogens is 990 g/mol. The molecular formula is C56H110NO17P. The minimum absolute atomic E-state index is 0.0911. The summed E-state index contributed by atoms with van der Waals surface area (Å²) in [6.45, 7) is 2.75. The fraction of sp³-hybridized carbons (Fsp3) is 0.982. The van der Waals surface area contributed by atoms with E-state index in [1.807, 2.05) is 0 Å². The zero-order chi connectivity index (χ0) is 55.3. The van der Waals surface area contributed by atoms with Gasteiger partial charge in [-0.15, -0.1) is 0 Å². The van der Waals surface area contributed by atoms with E-state index in [4.69, 9.17) is 18.5 Å². The highest BCUT2D eigenvalue weighted by Crippen LogP contribution is 2.48. The van der Waals surface area contributed by atoms with E-state index >= 15 is 0 Å². The predicted molar refractivity (Wildman–Crippen MR) is 289 cm³/mol. The molecule has 0 radical (unpaired) electrons. The predicted octanol–water partition coefficient (Wildman–Crippen LogP) is 7.81. The minimum atomic E-state index is -5.42. The van der Waals surface area contributed by atoms with Crippen LogP contribution in [-0.2, 0) is 27.9 Å². The average molecular weight is 1100 g/mol. The Morgan fingerprint density at radius 2 is 0.867 bits per heavy atom. The van der Waals surface area contributed by atoms with Crippen LogP contribution in [0.25, 0.3) is 0 Å². The molecule has 3 unspecified atom stereocenters. The molecule has 1 saturated carbocycles. The lowest BCUT2D eigenvalue weighted by Gasteiger charge is -2.47. The highest BCUT2D eigenvalue weighted by atomic mass is 31.2. The molecule has 0 spiro atoms. The number of phosphoric acid groups is 1. The van der Waals surface area contributed by atoms with Crippen molar-refractivity contribution in [1.29, 1.82) is 0 Å². The summed E-state index contributed by atoms with van der Waals surface area (Å²) in [4.78, 5) is 24.2. The van der Waals surface area contributed by atoms with Gasteiger partial charge >= 0.3 is 7.82 Å². The first kappa shape index (κ1) is 70.2. The lowest BCUT2D eigenvalue weighted by Crippen LogP contribution is -2.67. The van der Waals surface area contributed by atoms with Gasteiger partial charge in [0.25, 0.3) is 0 Å². The third kappa shape index (κ3) is 29.9. The lowest BCUT2D eigenvalue weighted by molar-refractivity contribution is -0.338. The second kappa shape index (κ2) is 42.9. The topological polar surface area (TPSA) is 306 Å². The van der Waals surface area contributed by atoms with Crippen LogP contribution in [0.5, 0.6) is 0 Å². The molecule has 0 aromatic rings. The monoisotopic (exact) mass is 1100 g/mol. The third-order valence-electron chi connectivity index (χ3n) is 15.4. The highest BCUT2D eigenvalue weighted by Gasteiger charge is 2.55. The molecule has 0 aromatic heterocycles. The Labute approximate surface area is 451 Å². The molecule has 75 heavy (non-hydrogen) atoms. The Balaban J connectivity index is 1.86. The van der Waals surface area contributed by atoms with Gasteiger partial charge in [-0.05, 0) is 12.8 Å². The average Bonchev–Trinajstić information content (AvgIpc) is 3.39. The Morgan fingerprint density at radius 1 is 0.507 bits per heavy atom. The number of phosphoric ester groups is 1. The maximum absolute atomic E-state index is 13.6. The number of amides is 1. The number of aliphatic hydroxyl groups excluding tert-OH is 10. The van der Waals surface area contributed by atoms with Gasteiger partial charge in [-0.25, -0.2) is 4.57 Å². The second-order valence-electron chi connectivity index (χ2n) is 22.0. The van der Waals surface area contributed by atoms with Crippen molar-refractivity contribution in [2.45, 2.75) is 337 Å². The van der Waals surface area contributed by atoms with Crippen LogP contribution in [0.4, 0.5) is 0 Å². The molecule has 1 amide bonds. The Kier molecular flexibility index (Phi) is 40.2. The van der Waals surface area contributed by atoms with Crippen molar-refractivity contribution in [3.05, 3.63) is 0 Å². The van der Waals surface area contributed by atoms with Crippen LogP contribution >= 0.6 is 7.82 Å². The van der Waals surface area contributed by atoms with Gasteiger partial charge in [-0.2, -0.15) is 0 Å². The summed E-state index contributed by atoms with van der Waals surface area (Å²) < 4.78 is 34.9. The molecule has 15 atom stereocenters. The van der Waals surface area contributed by atoms with Gasteiger partial charge in [0, 0.05) is 6.42 Å². The summed E-state index contributed by atoms with van der Waals surface area (Å²) in [6, 6.07) is -1.41. The number of nitrogens with one attached hydrogen (secondary N) is 1. The van der Waals surface area contributed by atoms with Crippen molar-refractivity contribution < 1.29 is 83.8 Å². The minimum Gasteiger partial charge on any atom is -0.394 e. The summed E-state index contributed by atoms with van der Waals surface area (Å²) in [6.07, 6.45) is 17.1. The number of ether oxygens (including phenoxy) is 2. The van der Waals surface area contributed by atoms with Crippen LogP contribution < -0.4 is 5.32 Å². The molecule has 1 aliphatic heterocycles. The smallest absolute Gasteiger partial charge is 0.394 e. The van der Waals surface area contributed by atoms with Gasteiger partial charge in [0.1, 0.15) is 67.1 Å². The van der Waals surface area contributed by atoms with Crippen molar-refractivity contribution in [2.75, 3.05) is 13.2 Å². The van der Waals surface area contributed by atoms with Crippen LogP contribution in [0.15, 0.2) is 0 Å². The van der Waals surface area contributed by atoms with E-state index < -0.39 is 113 Å². The molecule has 2 rings (SSSR count). The normalized spacial score (nSPS) is 27.2. The summed E-state index contributed by atoms with van der Waals surface area (Å²) in [5.74, 6) is -0.478. The quantitative estimate of drug-likeness (QED) is 0.0204. The van der Waals surface area contributed by atoms with E-state index in [9.17, 15) is 65.3 Å². The largest absolute Gasteiger partial charge is 0.472 e. The molecule has 18 nitrogen and oxygen atoms in total.